The number of hydrogen-bond donors (Lipinski definition) is 1. The first kappa shape index (κ1) is 18.3. The van der Waals surface area contributed by atoms with Crippen molar-refractivity contribution in [1.82, 2.24) is 24.3 Å². The number of fused-ring (bicyclic) bond motifs is 1. The first-order valence-electron chi connectivity index (χ1n) is 7.57. The molecule has 9 nitrogen and oxygen atoms in total. The summed E-state index contributed by atoms with van der Waals surface area (Å²) in [5, 5.41) is 11.9. The van der Waals surface area contributed by atoms with Gasteiger partial charge in [-0.25, -0.2) is 9.78 Å². The van der Waals surface area contributed by atoms with Crippen molar-refractivity contribution in [2.24, 2.45) is 14.1 Å². The van der Waals surface area contributed by atoms with E-state index in [9.17, 15) is 14.4 Å². The molecule has 3 aromatic heterocycles. The third-order valence-electron chi connectivity index (χ3n) is 3.72. The van der Waals surface area contributed by atoms with Gasteiger partial charge in [-0.3, -0.25) is 24.0 Å². The van der Waals surface area contributed by atoms with Gasteiger partial charge in [-0.15, -0.1) is 22.0 Å². The minimum Gasteiger partial charge on any atom is -0.300 e. The SMILES string of the molecule is Cc1nnc(NC(=O)CSc2c(C)cnc3c2c(=O)n(C)c(=O)n3C)s1. The average Bonchev–Trinajstić information content (AvgIpc) is 3.01. The van der Waals surface area contributed by atoms with Crippen LogP contribution in [0, 0.1) is 13.8 Å². The van der Waals surface area contributed by atoms with Gasteiger partial charge in [0.25, 0.3) is 5.56 Å². The van der Waals surface area contributed by atoms with Crippen LogP contribution in [0.1, 0.15) is 10.6 Å². The number of carbonyl (C=O) groups is 1. The van der Waals surface area contributed by atoms with Gasteiger partial charge in [-0.2, -0.15) is 0 Å². The van der Waals surface area contributed by atoms with Crippen molar-refractivity contribution in [3.8, 4) is 0 Å². The minimum atomic E-state index is -0.445. The summed E-state index contributed by atoms with van der Waals surface area (Å²) in [6, 6.07) is 0. The second-order valence-electron chi connectivity index (χ2n) is 5.64. The van der Waals surface area contributed by atoms with E-state index < -0.39 is 11.2 Å². The number of pyridine rings is 1. The summed E-state index contributed by atoms with van der Waals surface area (Å²) in [5.41, 5.74) is 0.185. The van der Waals surface area contributed by atoms with E-state index >= 15 is 0 Å². The highest BCUT2D eigenvalue weighted by atomic mass is 32.2. The van der Waals surface area contributed by atoms with Crippen LogP contribution in [0.4, 0.5) is 5.13 Å². The van der Waals surface area contributed by atoms with E-state index in [1.54, 1.807) is 20.2 Å². The van der Waals surface area contributed by atoms with Gasteiger partial charge in [0, 0.05) is 25.2 Å². The van der Waals surface area contributed by atoms with Crippen molar-refractivity contribution < 1.29 is 4.79 Å². The molecule has 1 amide bonds. The number of thioether (sulfide) groups is 1. The first-order chi connectivity index (χ1) is 12.3. The lowest BCUT2D eigenvalue weighted by Crippen LogP contribution is -2.37. The Kier molecular flexibility index (Phi) is 4.92. The smallest absolute Gasteiger partial charge is 0.300 e. The molecular weight excluding hydrogens is 376 g/mol. The maximum Gasteiger partial charge on any atom is 0.332 e. The van der Waals surface area contributed by atoms with Crippen LogP contribution in [0.5, 0.6) is 0 Å². The molecule has 3 rings (SSSR count). The number of amides is 1. The Bertz CT molecular complexity index is 1130. The van der Waals surface area contributed by atoms with Crippen molar-refractivity contribution in [1.29, 1.82) is 0 Å². The maximum absolute atomic E-state index is 12.6. The Hall–Kier alpha value is -2.53. The molecule has 0 aliphatic carbocycles. The lowest BCUT2D eigenvalue weighted by Gasteiger charge is -2.12. The number of anilines is 1. The third kappa shape index (κ3) is 3.27. The fourth-order valence-electron chi connectivity index (χ4n) is 2.42. The van der Waals surface area contributed by atoms with E-state index in [2.05, 4.69) is 20.5 Å². The Morgan fingerprint density at radius 2 is 1.96 bits per heavy atom. The molecule has 0 fully saturated rings. The van der Waals surface area contributed by atoms with Crippen LogP contribution in [0.2, 0.25) is 0 Å². The Balaban J connectivity index is 1.95. The van der Waals surface area contributed by atoms with Gasteiger partial charge in [0.05, 0.1) is 11.1 Å². The highest BCUT2D eigenvalue weighted by Crippen LogP contribution is 2.27. The highest BCUT2D eigenvalue weighted by Gasteiger charge is 2.17. The van der Waals surface area contributed by atoms with Crippen LogP contribution < -0.4 is 16.6 Å². The number of aromatic nitrogens is 5. The van der Waals surface area contributed by atoms with Crippen LogP contribution in [0.3, 0.4) is 0 Å². The number of nitrogens with one attached hydrogen (secondary N) is 1. The number of nitrogens with zero attached hydrogens (tertiary/aromatic N) is 5. The van der Waals surface area contributed by atoms with Crippen molar-refractivity contribution in [3.05, 3.63) is 37.6 Å². The summed E-state index contributed by atoms with van der Waals surface area (Å²) in [7, 11) is 2.98. The van der Waals surface area contributed by atoms with Crippen LogP contribution >= 0.6 is 23.1 Å². The molecule has 0 unspecified atom stereocenters. The normalized spacial score (nSPS) is 11.1. The molecule has 136 valence electrons. The van der Waals surface area contributed by atoms with Crippen molar-refractivity contribution >= 4 is 45.2 Å². The summed E-state index contributed by atoms with van der Waals surface area (Å²) in [4.78, 5) is 41.7. The van der Waals surface area contributed by atoms with E-state index in [-0.39, 0.29) is 11.7 Å². The molecule has 0 saturated heterocycles. The van der Waals surface area contributed by atoms with Crippen LogP contribution in [-0.2, 0) is 18.9 Å². The molecule has 0 spiro atoms. The molecule has 3 heterocycles. The molecule has 0 aliphatic rings. The quantitative estimate of drug-likeness (QED) is 0.655. The minimum absolute atomic E-state index is 0.0879. The van der Waals surface area contributed by atoms with Crippen molar-refractivity contribution in [2.75, 3.05) is 11.1 Å². The molecule has 0 atom stereocenters. The van der Waals surface area contributed by atoms with Gasteiger partial charge in [0.1, 0.15) is 10.7 Å². The molecule has 0 aliphatic heterocycles. The van der Waals surface area contributed by atoms with Crippen LogP contribution in [0.25, 0.3) is 11.0 Å². The summed E-state index contributed by atoms with van der Waals surface area (Å²) < 4.78 is 2.36. The fraction of sp³-hybridized carbons (Fsp3) is 0.333. The van der Waals surface area contributed by atoms with Gasteiger partial charge in [-0.1, -0.05) is 11.3 Å². The molecule has 0 aromatic carbocycles. The molecule has 1 N–H and O–H groups in total. The number of carbonyl (C=O) groups excluding carboxylic acids is 1. The molecule has 0 saturated carbocycles. The molecule has 26 heavy (non-hydrogen) atoms. The lowest BCUT2D eigenvalue weighted by molar-refractivity contribution is -0.113. The average molecular weight is 392 g/mol. The summed E-state index contributed by atoms with van der Waals surface area (Å²) >= 11 is 2.51. The Morgan fingerprint density at radius 1 is 1.23 bits per heavy atom. The Morgan fingerprint density at radius 3 is 2.62 bits per heavy atom. The third-order valence-corrected chi connectivity index (χ3v) is 5.69. The summed E-state index contributed by atoms with van der Waals surface area (Å²) in [6.45, 7) is 3.61. The number of aryl methyl sites for hydroxylation is 3. The summed E-state index contributed by atoms with van der Waals surface area (Å²) in [5.74, 6) is -0.165. The van der Waals surface area contributed by atoms with Crippen molar-refractivity contribution in [3.63, 3.8) is 0 Å². The first-order valence-corrected chi connectivity index (χ1v) is 9.38. The monoisotopic (exact) mass is 392 g/mol. The number of rotatable bonds is 4. The zero-order valence-electron chi connectivity index (χ0n) is 14.6. The number of hydrogen-bond acceptors (Lipinski definition) is 8. The van der Waals surface area contributed by atoms with E-state index in [0.717, 1.165) is 15.1 Å². The second-order valence-corrected chi connectivity index (χ2v) is 7.81. The van der Waals surface area contributed by atoms with Gasteiger partial charge >= 0.3 is 5.69 Å². The van der Waals surface area contributed by atoms with E-state index in [0.29, 0.717) is 21.1 Å². The lowest BCUT2D eigenvalue weighted by atomic mass is 10.2. The standard InChI is InChI=1S/C15H16N6O3S2/c1-7-5-16-12-10(13(23)21(4)15(24)20(12)3)11(7)25-6-9(22)17-14-19-18-8(2)26-14/h5H,6H2,1-4H3,(H,17,19,22). The molecular formula is C15H16N6O3S2. The predicted molar refractivity (Wildman–Crippen MR) is 101 cm³/mol. The van der Waals surface area contributed by atoms with Gasteiger partial charge in [0.15, 0.2) is 0 Å². The largest absolute Gasteiger partial charge is 0.332 e. The van der Waals surface area contributed by atoms with Gasteiger partial charge in [0.2, 0.25) is 11.0 Å². The molecule has 11 heteroatoms. The van der Waals surface area contributed by atoms with E-state index in [1.165, 1.54) is 34.7 Å². The predicted octanol–water partition coefficient (Wildman–Crippen LogP) is 0.831. The molecule has 0 radical (unpaired) electrons. The van der Waals surface area contributed by atoms with Crippen molar-refractivity contribution in [2.45, 2.75) is 18.7 Å². The summed E-state index contributed by atoms with van der Waals surface area (Å²) in [6.07, 6.45) is 1.59. The van der Waals surface area contributed by atoms with Crippen LogP contribution in [0.15, 0.2) is 20.7 Å². The fourth-order valence-corrected chi connectivity index (χ4v) is 3.98. The zero-order valence-corrected chi connectivity index (χ0v) is 16.2. The molecule has 3 aromatic rings. The van der Waals surface area contributed by atoms with Gasteiger partial charge in [-0.05, 0) is 19.4 Å². The van der Waals surface area contributed by atoms with E-state index in [4.69, 9.17) is 0 Å². The zero-order chi connectivity index (χ0) is 19.0. The molecule has 0 bridgehead atoms. The Labute approximate surface area is 156 Å². The van der Waals surface area contributed by atoms with Gasteiger partial charge < -0.3 is 0 Å². The topological polar surface area (TPSA) is 112 Å². The highest BCUT2D eigenvalue weighted by molar-refractivity contribution is 8.00. The second kappa shape index (κ2) is 7.00. The van der Waals surface area contributed by atoms with Crippen LogP contribution in [-0.4, -0.2) is 36.0 Å². The van der Waals surface area contributed by atoms with E-state index in [1.807, 2.05) is 6.92 Å². The maximum atomic E-state index is 12.6.